The number of hydrogen-bond acceptors (Lipinski definition) is 4. The number of nitrogens with zero attached hydrogens (tertiary/aromatic N) is 2. The van der Waals surface area contributed by atoms with Gasteiger partial charge in [-0.25, -0.2) is 4.79 Å². The summed E-state index contributed by atoms with van der Waals surface area (Å²) >= 11 is 1.68. The van der Waals surface area contributed by atoms with E-state index in [0.717, 1.165) is 36.6 Å². The van der Waals surface area contributed by atoms with Crippen LogP contribution in [0.4, 0.5) is 10.5 Å². The SMILES string of the molecule is CCOc1ccc(NC(=O)N(CCN(CC)CC)Cc2cccs2)c(C)c1. The first kappa shape index (κ1) is 21.3. The Morgan fingerprint density at radius 2 is 1.93 bits per heavy atom. The van der Waals surface area contributed by atoms with Gasteiger partial charge in [-0.2, -0.15) is 0 Å². The number of aryl methyl sites for hydroxylation is 1. The first-order chi connectivity index (χ1) is 13.1. The predicted molar refractivity (Wildman–Crippen MR) is 114 cm³/mol. The number of benzene rings is 1. The Kier molecular flexibility index (Phi) is 8.61. The third kappa shape index (κ3) is 6.56. The smallest absolute Gasteiger partial charge is 0.322 e. The van der Waals surface area contributed by atoms with Crippen molar-refractivity contribution >= 4 is 23.1 Å². The Balaban J connectivity index is 2.07. The first-order valence-electron chi connectivity index (χ1n) is 9.61. The molecule has 0 aliphatic rings. The Morgan fingerprint density at radius 1 is 1.15 bits per heavy atom. The highest BCUT2D eigenvalue weighted by Gasteiger charge is 2.16. The molecular weight excluding hydrogens is 358 g/mol. The average molecular weight is 390 g/mol. The summed E-state index contributed by atoms with van der Waals surface area (Å²) in [6.45, 7) is 13.0. The standard InChI is InChI=1S/C21H31N3O2S/c1-5-23(6-2)12-13-24(16-19-9-8-14-27-19)21(25)22-20-11-10-18(26-7-3)15-17(20)4/h8-11,14-15H,5-7,12-13,16H2,1-4H3,(H,22,25). The maximum atomic E-state index is 13.0. The highest BCUT2D eigenvalue weighted by atomic mass is 32.1. The molecule has 0 radical (unpaired) electrons. The zero-order valence-corrected chi connectivity index (χ0v) is 17.6. The molecule has 148 valence electrons. The van der Waals surface area contributed by atoms with Crippen molar-refractivity contribution in [2.24, 2.45) is 0 Å². The Bertz CT molecular complexity index is 699. The number of ether oxygens (including phenoxy) is 1. The van der Waals surface area contributed by atoms with Gasteiger partial charge in [-0.05, 0) is 62.1 Å². The van der Waals surface area contributed by atoms with Crippen LogP contribution in [0.15, 0.2) is 35.7 Å². The van der Waals surface area contributed by atoms with Crippen LogP contribution in [0, 0.1) is 6.92 Å². The van der Waals surface area contributed by atoms with Gasteiger partial charge in [-0.1, -0.05) is 19.9 Å². The van der Waals surface area contributed by atoms with E-state index in [4.69, 9.17) is 4.74 Å². The lowest BCUT2D eigenvalue weighted by Crippen LogP contribution is -2.40. The Morgan fingerprint density at radius 3 is 2.52 bits per heavy atom. The van der Waals surface area contributed by atoms with E-state index < -0.39 is 0 Å². The van der Waals surface area contributed by atoms with E-state index in [2.05, 4.69) is 30.1 Å². The van der Waals surface area contributed by atoms with Gasteiger partial charge in [0.2, 0.25) is 0 Å². The molecule has 2 aromatic rings. The van der Waals surface area contributed by atoms with Crippen molar-refractivity contribution in [2.75, 3.05) is 38.1 Å². The van der Waals surface area contributed by atoms with Gasteiger partial charge in [-0.15, -0.1) is 11.3 Å². The maximum Gasteiger partial charge on any atom is 0.322 e. The van der Waals surface area contributed by atoms with Crippen molar-refractivity contribution in [3.63, 3.8) is 0 Å². The molecule has 0 saturated carbocycles. The van der Waals surface area contributed by atoms with Crippen LogP contribution in [0.5, 0.6) is 5.75 Å². The molecule has 0 unspecified atom stereocenters. The molecule has 0 bridgehead atoms. The minimum Gasteiger partial charge on any atom is -0.494 e. The molecule has 1 aromatic carbocycles. The second kappa shape index (κ2) is 10.9. The molecule has 0 aliphatic heterocycles. The molecule has 27 heavy (non-hydrogen) atoms. The fourth-order valence-electron chi connectivity index (χ4n) is 2.87. The van der Waals surface area contributed by atoms with Crippen molar-refractivity contribution in [3.8, 4) is 5.75 Å². The van der Waals surface area contributed by atoms with Crippen molar-refractivity contribution in [3.05, 3.63) is 46.2 Å². The lowest BCUT2D eigenvalue weighted by atomic mass is 10.2. The summed E-state index contributed by atoms with van der Waals surface area (Å²) in [6.07, 6.45) is 0. The number of carbonyl (C=O) groups is 1. The number of likely N-dealkylation sites (N-methyl/N-ethyl adjacent to an activating group) is 1. The van der Waals surface area contributed by atoms with Crippen LogP contribution < -0.4 is 10.1 Å². The minimum atomic E-state index is -0.0668. The minimum absolute atomic E-state index is 0.0668. The van der Waals surface area contributed by atoms with Crippen molar-refractivity contribution in [1.82, 2.24) is 9.80 Å². The molecule has 2 amide bonds. The second-order valence-corrected chi connectivity index (χ2v) is 7.40. The third-order valence-corrected chi connectivity index (χ3v) is 5.41. The van der Waals surface area contributed by atoms with Crippen molar-refractivity contribution < 1.29 is 9.53 Å². The number of hydrogen-bond donors (Lipinski definition) is 1. The zero-order chi connectivity index (χ0) is 19.6. The monoisotopic (exact) mass is 389 g/mol. The van der Waals surface area contributed by atoms with E-state index >= 15 is 0 Å². The summed E-state index contributed by atoms with van der Waals surface area (Å²) in [6, 6.07) is 9.79. The van der Waals surface area contributed by atoms with Gasteiger partial charge in [-0.3, -0.25) is 0 Å². The molecule has 0 spiro atoms. The van der Waals surface area contributed by atoms with E-state index in [0.29, 0.717) is 19.7 Å². The third-order valence-electron chi connectivity index (χ3n) is 4.55. The summed E-state index contributed by atoms with van der Waals surface area (Å²) in [5, 5.41) is 5.12. The summed E-state index contributed by atoms with van der Waals surface area (Å²) < 4.78 is 5.53. The van der Waals surface area contributed by atoms with Gasteiger partial charge >= 0.3 is 6.03 Å². The van der Waals surface area contributed by atoms with Crippen LogP contribution in [-0.4, -0.2) is 48.6 Å². The maximum absolute atomic E-state index is 13.0. The average Bonchev–Trinajstić information content (AvgIpc) is 3.17. The number of nitrogens with one attached hydrogen (secondary N) is 1. The van der Waals surface area contributed by atoms with Gasteiger partial charge in [0, 0.05) is 23.7 Å². The van der Waals surface area contributed by atoms with Crippen LogP contribution in [0.3, 0.4) is 0 Å². The van der Waals surface area contributed by atoms with Crippen LogP contribution in [0.25, 0.3) is 0 Å². The van der Waals surface area contributed by atoms with Crippen LogP contribution in [0.1, 0.15) is 31.2 Å². The molecule has 0 fully saturated rings. The molecule has 1 heterocycles. The van der Waals surface area contributed by atoms with Crippen molar-refractivity contribution in [2.45, 2.75) is 34.2 Å². The summed E-state index contributed by atoms with van der Waals surface area (Å²) in [5.74, 6) is 0.824. The number of rotatable bonds is 10. The Labute approximate surface area is 166 Å². The quantitative estimate of drug-likeness (QED) is 0.633. The molecule has 0 aliphatic carbocycles. The first-order valence-corrected chi connectivity index (χ1v) is 10.5. The Hall–Kier alpha value is -2.05. The largest absolute Gasteiger partial charge is 0.494 e. The number of carbonyl (C=O) groups excluding carboxylic acids is 1. The number of urea groups is 1. The normalized spacial score (nSPS) is 10.9. The highest BCUT2D eigenvalue weighted by molar-refractivity contribution is 7.09. The summed E-state index contributed by atoms with van der Waals surface area (Å²) in [7, 11) is 0. The van der Waals surface area contributed by atoms with E-state index in [1.807, 2.05) is 48.4 Å². The zero-order valence-electron chi connectivity index (χ0n) is 16.8. The molecular formula is C21H31N3O2S. The lowest BCUT2D eigenvalue weighted by molar-refractivity contribution is 0.195. The van der Waals surface area contributed by atoms with Crippen molar-refractivity contribution in [1.29, 1.82) is 0 Å². The van der Waals surface area contributed by atoms with Gasteiger partial charge in [0.25, 0.3) is 0 Å². The summed E-state index contributed by atoms with van der Waals surface area (Å²) in [4.78, 5) is 18.4. The number of amides is 2. The van der Waals surface area contributed by atoms with E-state index in [-0.39, 0.29) is 6.03 Å². The van der Waals surface area contributed by atoms with Crippen LogP contribution in [0.2, 0.25) is 0 Å². The molecule has 1 aromatic heterocycles. The molecule has 2 rings (SSSR count). The number of anilines is 1. The topological polar surface area (TPSA) is 44.8 Å². The van der Waals surface area contributed by atoms with Crippen LogP contribution in [-0.2, 0) is 6.54 Å². The molecule has 0 saturated heterocycles. The molecule has 0 atom stereocenters. The van der Waals surface area contributed by atoms with Gasteiger partial charge in [0.15, 0.2) is 0 Å². The predicted octanol–water partition coefficient (Wildman–Crippen LogP) is 4.83. The number of thiophene rings is 1. The lowest BCUT2D eigenvalue weighted by Gasteiger charge is -2.26. The fourth-order valence-corrected chi connectivity index (χ4v) is 3.59. The van der Waals surface area contributed by atoms with E-state index in [9.17, 15) is 4.79 Å². The summed E-state index contributed by atoms with van der Waals surface area (Å²) in [5.41, 5.74) is 1.82. The van der Waals surface area contributed by atoms with Crippen LogP contribution >= 0.6 is 11.3 Å². The molecule has 6 heteroatoms. The van der Waals surface area contributed by atoms with E-state index in [1.54, 1.807) is 11.3 Å². The fraction of sp³-hybridized carbons (Fsp3) is 0.476. The van der Waals surface area contributed by atoms with E-state index in [1.165, 1.54) is 4.88 Å². The second-order valence-electron chi connectivity index (χ2n) is 6.37. The molecule has 1 N–H and O–H groups in total. The van der Waals surface area contributed by atoms with Gasteiger partial charge in [0.05, 0.1) is 13.2 Å². The molecule has 5 nitrogen and oxygen atoms in total. The van der Waals surface area contributed by atoms with Gasteiger partial charge in [0.1, 0.15) is 5.75 Å². The van der Waals surface area contributed by atoms with Gasteiger partial charge < -0.3 is 19.9 Å². The highest BCUT2D eigenvalue weighted by Crippen LogP contribution is 2.22.